The summed E-state index contributed by atoms with van der Waals surface area (Å²) < 4.78 is 13.4. The second-order valence-electron chi connectivity index (χ2n) is 19.0. The van der Waals surface area contributed by atoms with Crippen LogP contribution in [-0.4, -0.2) is 80.2 Å². The van der Waals surface area contributed by atoms with Crippen molar-refractivity contribution >= 4 is 17.8 Å². The first-order chi connectivity index (χ1) is 29.6. The van der Waals surface area contributed by atoms with E-state index in [0.29, 0.717) is 17.4 Å². The average molecular weight is 854 g/mol. The highest BCUT2D eigenvalue weighted by Crippen LogP contribution is 2.30. The fraction of sp³-hybridized carbons (Fsp3) is 0.796. The second kappa shape index (κ2) is 37.8. The molecule has 1 amide bonds. The van der Waals surface area contributed by atoms with Gasteiger partial charge in [0.25, 0.3) is 0 Å². The molecule has 0 aromatic carbocycles. The van der Waals surface area contributed by atoms with Crippen LogP contribution in [0.25, 0.3) is 0 Å². The average Bonchev–Trinajstić information content (AvgIpc) is 3.69. The summed E-state index contributed by atoms with van der Waals surface area (Å²) >= 11 is 0. The number of nitrogens with zero attached hydrogens (tertiary/aromatic N) is 2. The zero-order valence-electron chi connectivity index (χ0n) is 41.0. The maximum atomic E-state index is 14.3. The Morgan fingerprint density at radius 3 is 1.02 bits per heavy atom. The first kappa shape index (κ1) is 56.3. The van der Waals surface area contributed by atoms with Crippen LogP contribution in [0.5, 0.6) is 0 Å². The molecule has 1 aliphatic rings. The number of carbonyl (C=O) groups excluding carboxylic acids is 3. The van der Waals surface area contributed by atoms with Gasteiger partial charge in [0.2, 0.25) is 5.91 Å². The van der Waals surface area contributed by atoms with Crippen molar-refractivity contribution in [3.8, 4) is 0 Å². The number of esters is 2. The van der Waals surface area contributed by atoms with E-state index in [-0.39, 0.29) is 43.1 Å². The summed E-state index contributed by atoms with van der Waals surface area (Å²) in [4.78, 5) is 43.9. The van der Waals surface area contributed by atoms with Crippen LogP contribution < -0.4 is 0 Å². The summed E-state index contributed by atoms with van der Waals surface area (Å²) in [5.41, 5.74) is 0. The van der Waals surface area contributed by atoms with Gasteiger partial charge in [-0.3, -0.25) is 14.4 Å². The zero-order chi connectivity index (χ0) is 44.8. The number of carbonyl (C=O) groups is 3. The molecule has 0 spiro atoms. The van der Waals surface area contributed by atoms with Crippen LogP contribution in [0.3, 0.4) is 0 Å². The van der Waals surface area contributed by atoms with Crippen LogP contribution in [0.2, 0.25) is 0 Å². The van der Waals surface area contributed by atoms with Gasteiger partial charge in [0, 0.05) is 13.1 Å². The molecule has 0 N–H and O–H groups in total. The highest BCUT2D eigenvalue weighted by atomic mass is 16.6. The lowest BCUT2D eigenvalue weighted by atomic mass is 9.95. The number of hydrogen-bond donors (Lipinski definition) is 0. The van der Waals surface area contributed by atoms with E-state index in [2.05, 4.69) is 97.4 Å². The molecule has 0 radical (unpaired) electrons. The van der Waals surface area contributed by atoms with Crippen molar-refractivity contribution in [2.24, 2.45) is 11.8 Å². The van der Waals surface area contributed by atoms with Crippen molar-refractivity contribution in [3.63, 3.8) is 0 Å². The largest absolute Gasteiger partial charge is 0.462 e. The molecular weight excluding hydrogens is 757 g/mol. The SMILES string of the molecule is CCCCC/C=C\CCCC(CCC/C=C\CCCCC)OC(=O)C1CN(C(=O)CC[N+](C)(C)C)CC1C(=O)OC(CCC/C=C\CCCCC)CCC/C=C\CCCCC. The topological polar surface area (TPSA) is 72.9 Å². The van der Waals surface area contributed by atoms with Crippen molar-refractivity contribution < 1.29 is 28.3 Å². The Bertz CT molecular complexity index is 1090. The molecule has 0 aromatic rings. The lowest BCUT2D eigenvalue weighted by Gasteiger charge is -2.25. The van der Waals surface area contributed by atoms with Crippen LogP contribution >= 0.6 is 0 Å². The summed E-state index contributed by atoms with van der Waals surface area (Å²) in [7, 11) is 6.23. The Labute approximate surface area is 377 Å². The molecule has 2 unspecified atom stereocenters. The molecule has 352 valence electrons. The molecule has 1 rings (SSSR count). The lowest BCUT2D eigenvalue weighted by Crippen LogP contribution is -2.39. The first-order valence-corrected chi connectivity index (χ1v) is 25.6. The van der Waals surface area contributed by atoms with E-state index in [0.717, 1.165) is 103 Å². The quantitative estimate of drug-likeness (QED) is 0.0267. The Morgan fingerprint density at radius 1 is 0.475 bits per heavy atom. The molecule has 0 bridgehead atoms. The third-order valence-corrected chi connectivity index (χ3v) is 12.0. The highest BCUT2D eigenvalue weighted by molar-refractivity contribution is 5.86. The maximum absolute atomic E-state index is 14.3. The second-order valence-corrected chi connectivity index (χ2v) is 19.0. The number of ether oxygens (including phenoxy) is 2. The van der Waals surface area contributed by atoms with Crippen LogP contribution in [0.4, 0.5) is 0 Å². The number of hydrogen-bond acceptors (Lipinski definition) is 5. The van der Waals surface area contributed by atoms with Gasteiger partial charge < -0.3 is 18.9 Å². The standard InChI is InChI=1S/C54H97N2O5/c1-8-12-16-20-24-28-32-36-40-48(41-37-33-29-25-21-17-13-9-2)60-53(58)50-46-55(52(57)44-45-56(5,6)7)47-51(50)54(59)61-49(42-38-34-30-26-22-18-14-10-3)43-39-35-31-27-23-19-15-11-4/h24-31,48-51H,8-23,32-47H2,1-7H3/q+1/b28-24-,29-25-,30-26-,31-27-. The van der Waals surface area contributed by atoms with Crippen LogP contribution in [0.15, 0.2) is 48.6 Å². The smallest absolute Gasteiger partial charge is 0.311 e. The monoisotopic (exact) mass is 854 g/mol. The molecule has 1 aliphatic heterocycles. The molecule has 7 heteroatoms. The summed E-state index contributed by atoms with van der Waals surface area (Å²) in [5.74, 6) is -2.16. The van der Waals surface area contributed by atoms with E-state index in [9.17, 15) is 14.4 Å². The molecule has 7 nitrogen and oxygen atoms in total. The number of allylic oxidation sites excluding steroid dienone is 8. The number of rotatable bonds is 39. The van der Waals surface area contributed by atoms with Gasteiger partial charge in [0.15, 0.2) is 0 Å². The Hall–Kier alpha value is -2.67. The van der Waals surface area contributed by atoms with E-state index in [1.165, 1.54) is 77.0 Å². The summed E-state index contributed by atoms with van der Waals surface area (Å²) in [5, 5.41) is 0. The molecule has 0 aliphatic carbocycles. The zero-order valence-corrected chi connectivity index (χ0v) is 41.0. The molecule has 2 atom stereocenters. The van der Waals surface area contributed by atoms with E-state index < -0.39 is 11.8 Å². The van der Waals surface area contributed by atoms with Crippen LogP contribution in [0, 0.1) is 11.8 Å². The third-order valence-electron chi connectivity index (χ3n) is 12.0. The van der Waals surface area contributed by atoms with Crippen molar-refractivity contribution in [2.45, 2.75) is 226 Å². The van der Waals surface area contributed by atoms with Gasteiger partial charge >= 0.3 is 11.9 Å². The molecule has 1 fully saturated rings. The number of unbranched alkanes of at least 4 members (excludes halogenated alkanes) is 16. The number of amides is 1. The third kappa shape index (κ3) is 30.9. The molecule has 1 heterocycles. The van der Waals surface area contributed by atoms with E-state index in [1.807, 2.05) is 0 Å². The maximum Gasteiger partial charge on any atom is 0.311 e. The minimum atomic E-state index is -0.724. The Balaban J connectivity index is 3.16. The molecule has 0 aromatic heterocycles. The summed E-state index contributed by atoms with van der Waals surface area (Å²) in [6.45, 7) is 10.0. The fourth-order valence-corrected chi connectivity index (χ4v) is 7.95. The predicted octanol–water partition coefficient (Wildman–Crippen LogP) is 14.2. The van der Waals surface area contributed by atoms with Crippen LogP contribution in [0.1, 0.15) is 214 Å². The van der Waals surface area contributed by atoms with E-state index in [4.69, 9.17) is 9.47 Å². The molecule has 0 saturated carbocycles. The number of quaternary nitrogens is 1. The van der Waals surface area contributed by atoms with E-state index in [1.54, 1.807) is 4.90 Å². The van der Waals surface area contributed by atoms with Crippen molar-refractivity contribution in [1.29, 1.82) is 0 Å². The molecular formula is C54H97N2O5+. The minimum Gasteiger partial charge on any atom is -0.462 e. The summed E-state index contributed by atoms with van der Waals surface area (Å²) in [6, 6.07) is 0. The minimum absolute atomic E-state index is 0.0119. The van der Waals surface area contributed by atoms with Gasteiger partial charge in [-0.25, -0.2) is 0 Å². The summed E-state index contributed by atoms with van der Waals surface area (Å²) in [6.07, 6.45) is 48.4. The Morgan fingerprint density at radius 2 is 0.754 bits per heavy atom. The van der Waals surface area contributed by atoms with Gasteiger partial charge in [-0.05, 0) is 128 Å². The van der Waals surface area contributed by atoms with Gasteiger partial charge in [0.05, 0.1) is 45.9 Å². The predicted molar refractivity (Wildman–Crippen MR) is 259 cm³/mol. The lowest BCUT2D eigenvalue weighted by molar-refractivity contribution is -0.869. The van der Waals surface area contributed by atoms with Gasteiger partial charge in [-0.15, -0.1) is 0 Å². The van der Waals surface area contributed by atoms with E-state index >= 15 is 0 Å². The van der Waals surface area contributed by atoms with Crippen molar-refractivity contribution in [3.05, 3.63) is 48.6 Å². The number of likely N-dealkylation sites (tertiary alicyclic amines) is 1. The highest BCUT2D eigenvalue weighted by Gasteiger charge is 2.46. The van der Waals surface area contributed by atoms with Crippen molar-refractivity contribution in [2.75, 3.05) is 40.8 Å². The fourth-order valence-electron chi connectivity index (χ4n) is 7.95. The van der Waals surface area contributed by atoms with Gasteiger partial charge in [-0.2, -0.15) is 0 Å². The molecule has 61 heavy (non-hydrogen) atoms. The van der Waals surface area contributed by atoms with Gasteiger partial charge in [0.1, 0.15) is 12.2 Å². The normalized spacial score (nSPS) is 16.2. The first-order valence-electron chi connectivity index (χ1n) is 25.6. The van der Waals surface area contributed by atoms with Crippen molar-refractivity contribution in [1.82, 2.24) is 4.90 Å². The van der Waals surface area contributed by atoms with Crippen LogP contribution in [-0.2, 0) is 23.9 Å². The van der Waals surface area contributed by atoms with Gasteiger partial charge in [-0.1, -0.05) is 128 Å². The Kier molecular flexibility index (Phi) is 35.0. The molecule has 1 saturated heterocycles.